The molecule has 7 rings (SSSR count). The van der Waals surface area contributed by atoms with Crippen molar-refractivity contribution >= 4 is 34.0 Å². The molecule has 5 N–H and O–H groups in total. The number of ether oxygens (including phenoxy) is 1. The van der Waals surface area contributed by atoms with Crippen LogP contribution in [0.1, 0.15) is 70.7 Å². The number of alkyl carbamates (subject to hydrolysis) is 1. The van der Waals surface area contributed by atoms with Gasteiger partial charge in [-0.3, -0.25) is 9.59 Å². The first-order valence-electron chi connectivity index (χ1n) is 20.2. The van der Waals surface area contributed by atoms with Gasteiger partial charge >= 0.3 is 12.2 Å². The predicted molar refractivity (Wildman–Crippen MR) is 223 cm³/mol. The van der Waals surface area contributed by atoms with Crippen molar-refractivity contribution in [3.8, 4) is 33.6 Å². The largest absolute Gasteiger partial charge is 0.465 e. The first-order valence-corrected chi connectivity index (χ1v) is 22.0. The van der Waals surface area contributed by atoms with Crippen LogP contribution >= 0.6 is 0 Å². The summed E-state index contributed by atoms with van der Waals surface area (Å²) in [6.45, 7) is 8.79. The Balaban J connectivity index is 1.04. The van der Waals surface area contributed by atoms with E-state index in [0.29, 0.717) is 49.9 Å². The van der Waals surface area contributed by atoms with Crippen molar-refractivity contribution in [2.45, 2.75) is 71.1 Å². The number of nitrogens with one attached hydrogen (secondary N) is 4. The number of carbonyl (C=O) groups excluding carboxylic acids is 3. The number of aromatic nitrogens is 4. The van der Waals surface area contributed by atoms with Crippen LogP contribution in [-0.4, -0.2) is 123 Å². The Hall–Kier alpha value is -5.75. The minimum atomic E-state index is -3.38. The van der Waals surface area contributed by atoms with E-state index in [1.807, 2.05) is 82.4 Å². The van der Waals surface area contributed by atoms with Gasteiger partial charge in [-0.2, -0.15) is 0 Å². The summed E-state index contributed by atoms with van der Waals surface area (Å²) in [4.78, 5) is 70.8. The second-order valence-corrected chi connectivity index (χ2v) is 18.9. The number of sulfonamides is 1. The SMILES string of the molecule is COC(=O)N[C@H](C(=O)N1CC2(CC1c1nc(-c3ccc(-c4ccc(-c5c[nH]c([C@@H]6CCCN6C(=O)[C@@H](NC(=O)O)C(C)C)n5)cc4)cc3)c[nH]1)CN(S(C)(=O)=O)C2)C(C)C. The molecule has 4 atom stereocenters. The number of rotatable bonds is 12. The van der Waals surface area contributed by atoms with Crippen molar-refractivity contribution in [1.29, 1.82) is 0 Å². The summed E-state index contributed by atoms with van der Waals surface area (Å²) in [6.07, 6.45) is 4.92. The number of benzene rings is 2. The summed E-state index contributed by atoms with van der Waals surface area (Å²) < 4.78 is 30.8. The lowest BCUT2D eigenvalue weighted by molar-refractivity contribution is -0.136. The Morgan fingerprint density at radius 1 is 0.767 bits per heavy atom. The summed E-state index contributed by atoms with van der Waals surface area (Å²) >= 11 is 0. The molecule has 1 unspecified atom stereocenters. The van der Waals surface area contributed by atoms with E-state index < -0.39 is 45.8 Å². The molecule has 17 nitrogen and oxygen atoms in total. The number of methoxy groups -OCH3 is 1. The average molecular weight is 844 g/mol. The maximum Gasteiger partial charge on any atom is 0.407 e. The zero-order chi connectivity index (χ0) is 43.1. The fraction of sp³-hybridized carbons (Fsp3) is 0.476. The highest BCUT2D eigenvalue weighted by molar-refractivity contribution is 7.88. The topological polar surface area (TPSA) is 223 Å². The van der Waals surface area contributed by atoms with Crippen LogP contribution in [0.4, 0.5) is 9.59 Å². The van der Waals surface area contributed by atoms with Gasteiger partial charge in [-0.15, -0.1) is 0 Å². The van der Waals surface area contributed by atoms with E-state index >= 15 is 0 Å². The molecule has 1 spiro atoms. The monoisotopic (exact) mass is 843 g/mol. The maximum absolute atomic E-state index is 14.1. The Labute approximate surface area is 349 Å². The fourth-order valence-corrected chi connectivity index (χ4v) is 9.71. The van der Waals surface area contributed by atoms with Gasteiger partial charge in [0.2, 0.25) is 21.8 Å². The summed E-state index contributed by atoms with van der Waals surface area (Å²) in [6, 6.07) is 13.6. The smallest absolute Gasteiger partial charge is 0.407 e. The van der Waals surface area contributed by atoms with Crippen LogP contribution in [0.2, 0.25) is 0 Å². The summed E-state index contributed by atoms with van der Waals surface area (Å²) in [5.74, 6) is 0.279. The van der Waals surface area contributed by atoms with Gasteiger partial charge in [0.1, 0.15) is 23.7 Å². The molecule has 60 heavy (non-hydrogen) atoms. The van der Waals surface area contributed by atoms with E-state index in [1.54, 1.807) is 16.0 Å². The lowest BCUT2D eigenvalue weighted by atomic mass is 9.79. The molecule has 3 saturated heterocycles. The Morgan fingerprint density at radius 3 is 1.73 bits per heavy atom. The molecule has 2 aromatic carbocycles. The van der Waals surface area contributed by atoms with E-state index in [9.17, 15) is 32.7 Å². The zero-order valence-corrected chi connectivity index (χ0v) is 35.5. The second-order valence-electron chi connectivity index (χ2n) is 16.9. The lowest BCUT2D eigenvalue weighted by Gasteiger charge is -2.46. The third kappa shape index (κ3) is 8.61. The number of amides is 4. The number of nitrogens with zero attached hydrogens (tertiary/aromatic N) is 5. The van der Waals surface area contributed by atoms with Crippen molar-refractivity contribution in [1.82, 2.24) is 44.7 Å². The second kappa shape index (κ2) is 16.7. The molecule has 4 aromatic rings. The molecular weight excluding hydrogens is 791 g/mol. The van der Waals surface area contributed by atoms with E-state index in [1.165, 1.54) is 17.7 Å². The highest BCUT2D eigenvalue weighted by Crippen LogP contribution is 2.49. The van der Waals surface area contributed by atoms with Crippen LogP contribution in [-0.2, 0) is 24.3 Å². The van der Waals surface area contributed by atoms with Crippen molar-refractivity contribution in [3.63, 3.8) is 0 Å². The van der Waals surface area contributed by atoms with Crippen LogP contribution in [0, 0.1) is 17.3 Å². The average Bonchev–Trinajstić information content (AvgIpc) is 4.03. The highest BCUT2D eigenvalue weighted by Gasteiger charge is 2.56. The molecule has 3 fully saturated rings. The van der Waals surface area contributed by atoms with Gasteiger partial charge in [0.05, 0.1) is 36.8 Å². The summed E-state index contributed by atoms with van der Waals surface area (Å²) in [5.41, 5.74) is 4.75. The Kier molecular flexibility index (Phi) is 11.8. The number of hydrogen-bond donors (Lipinski definition) is 5. The van der Waals surface area contributed by atoms with Crippen LogP contribution in [0.15, 0.2) is 60.9 Å². The number of likely N-dealkylation sites (tertiary alicyclic amines) is 2. The van der Waals surface area contributed by atoms with Crippen molar-refractivity contribution in [2.24, 2.45) is 17.3 Å². The molecule has 3 aliphatic heterocycles. The quantitative estimate of drug-likeness (QED) is 0.128. The molecule has 2 aromatic heterocycles. The van der Waals surface area contributed by atoms with E-state index in [0.717, 1.165) is 40.8 Å². The van der Waals surface area contributed by atoms with Gasteiger partial charge in [-0.1, -0.05) is 76.2 Å². The van der Waals surface area contributed by atoms with E-state index in [4.69, 9.17) is 14.7 Å². The maximum atomic E-state index is 14.1. The molecule has 5 heterocycles. The molecule has 320 valence electrons. The predicted octanol–water partition coefficient (Wildman–Crippen LogP) is 5.01. The van der Waals surface area contributed by atoms with E-state index in [-0.39, 0.29) is 29.7 Å². The third-order valence-electron chi connectivity index (χ3n) is 11.9. The Morgan fingerprint density at radius 2 is 1.25 bits per heavy atom. The molecule has 0 radical (unpaired) electrons. The minimum absolute atomic E-state index is 0.204. The van der Waals surface area contributed by atoms with Gasteiger partial charge in [-0.05, 0) is 42.2 Å². The molecule has 18 heteroatoms. The van der Waals surface area contributed by atoms with Gasteiger partial charge in [-0.25, -0.2) is 32.3 Å². The van der Waals surface area contributed by atoms with Gasteiger partial charge < -0.3 is 40.2 Å². The van der Waals surface area contributed by atoms with Gasteiger partial charge in [0.25, 0.3) is 0 Å². The zero-order valence-electron chi connectivity index (χ0n) is 34.6. The fourth-order valence-electron chi connectivity index (χ4n) is 8.69. The first-order chi connectivity index (χ1) is 28.5. The number of carboxylic acid groups (broad SMARTS) is 1. The molecule has 0 saturated carbocycles. The standard InChI is InChI=1S/C42H53N9O8S/c1-24(2)34(47-40(54)55)38(52)50-17-7-8-32(50)36-43-19-30(45-36)28-13-9-26(10-14-28)27-11-15-29(16-12-27)31-20-44-37(46-31)33-18-42(21-49(22-42)60(6,57)58)23-51(33)39(53)35(25(3)4)48-41(56)59-5/h9-16,19-20,24-25,32-35,47H,7-8,17-18,21-23H2,1-6H3,(H,43,45)(H,44,46)(H,48,56)(H,54,55)/t32-,33?,34-,35-/m0/s1. The van der Waals surface area contributed by atoms with Crippen molar-refractivity contribution < 1.29 is 37.4 Å². The van der Waals surface area contributed by atoms with Crippen LogP contribution in [0.3, 0.4) is 0 Å². The third-order valence-corrected chi connectivity index (χ3v) is 13.1. The molecule has 0 bridgehead atoms. The lowest BCUT2D eigenvalue weighted by Crippen LogP contribution is -2.60. The molecule has 0 aliphatic carbocycles. The molecular formula is C42H53N9O8S. The number of hydrogen-bond acceptors (Lipinski definition) is 9. The summed E-state index contributed by atoms with van der Waals surface area (Å²) in [5, 5.41) is 14.4. The van der Waals surface area contributed by atoms with Crippen LogP contribution in [0.25, 0.3) is 33.6 Å². The Bertz CT molecular complexity index is 2340. The number of H-pyrrole nitrogens is 2. The molecule has 3 aliphatic rings. The molecule has 4 amide bonds. The number of imidazole rings is 2. The van der Waals surface area contributed by atoms with E-state index in [2.05, 4.69) is 20.6 Å². The minimum Gasteiger partial charge on any atom is -0.465 e. The number of carbonyl (C=O) groups is 4. The first kappa shape index (κ1) is 42.4. The van der Waals surface area contributed by atoms with Crippen molar-refractivity contribution in [3.05, 3.63) is 72.6 Å². The van der Waals surface area contributed by atoms with Crippen molar-refractivity contribution in [2.75, 3.05) is 39.5 Å². The van der Waals surface area contributed by atoms with Crippen LogP contribution in [0.5, 0.6) is 0 Å². The van der Waals surface area contributed by atoms with Crippen LogP contribution < -0.4 is 10.6 Å². The highest BCUT2D eigenvalue weighted by atomic mass is 32.2. The van der Waals surface area contributed by atoms with Gasteiger partial charge in [0, 0.05) is 55.1 Å². The number of aromatic amines is 2. The normalized spacial score (nSPS) is 20.0. The van der Waals surface area contributed by atoms with Gasteiger partial charge in [0.15, 0.2) is 0 Å². The summed E-state index contributed by atoms with van der Waals surface area (Å²) in [7, 11) is -2.13.